The lowest BCUT2D eigenvalue weighted by Crippen LogP contribution is -2.37. The number of carbonyl (C=O) groups is 2. The Labute approximate surface area is 175 Å². The van der Waals surface area contributed by atoms with Gasteiger partial charge in [0.2, 0.25) is 0 Å². The Morgan fingerprint density at radius 1 is 1.23 bits per heavy atom. The summed E-state index contributed by atoms with van der Waals surface area (Å²) in [6.07, 6.45) is 7.09. The molecule has 0 radical (unpaired) electrons. The predicted octanol–water partition coefficient (Wildman–Crippen LogP) is 1.58. The second-order valence-electron chi connectivity index (χ2n) is 8.65. The zero-order chi connectivity index (χ0) is 21.3. The molecule has 2 aromatic heterocycles. The average molecular weight is 412 g/mol. The maximum Gasteiger partial charge on any atom is 0.261 e. The van der Waals surface area contributed by atoms with Crippen molar-refractivity contribution in [3.63, 3.8) is 0 Å². The maximum atomic E-state index is 12.7. The van der Waals surface area contributed by atoms with Gasteiger partial charge in [0.05, 0.1) is 17.5 Å². The highest BCUT2D eigenvalue weighted by Crippen LogP contribution is 2.23. The number of nitrogens with zero attached hydrogens (tertiary/aromatic N) is 2. The normalized spacial score (nSPS) is 17.9. The summed E-state index contributed by atoms with van der Waals surface area (Å²) in [5, 5.41) is 10.2. The molecule has 0 bridgehead atoms. The molecule has 4 rings (SSSR count). The van der Waals surface area contributed by atoms with E-state index in [1.165, 1.54) is 0 Å². The van der Waals surface area contributed by atoms with Gasteiger partial charge in [0, 0.05) is 24.8 Å². The number of nitrogens with one attached hydrogen (secondary N) is 3. The highest BCUT2D eigenvalue weighted by atomic mass is 16.2. The van der Waals surface area contributed by atoms with Gasteiger partial charge in [-0.25, -0.2) is 0 Å². The molecule has 2 aliphatic rings. The fraction of sp³-hybridized carbons (Fsp3) is 0.545. The SMILES string of the molecule is CC(C)NC(=O)c1cnn2c1C[C@H](CNC(=O)c1cc3c([nH]c1=O)CCCC3)CC2. The molecule has 1 atom stereocenters. The lowest BCUT2D eigenvalue weighted by molar-refractivity contribution is 0.0929. The molecular formula is C22H29N5O3. The molecule has 30 heavy (non-hydrogen) atoms. The second-order valence-corrected chi connectivity index (χ2v) is 8.65. The lowest BCUT2D eigenvalue weighted by Gasteiger charge is -2.24. The number of aryl methyl sites for hydroxylation is 3. The Hall–Kier alpha value is -2.90. The van der Waals surface area contributed by atoms with Crippen LogP contribution in [-0.4, -0.2) is 39.2 Å². The third-order valence-electron chi connectivity index (χ3n) is 5.98. The molecule has 3 heterocycles. The monoisotopic (exact) mass is 411 g/mol. The van der Waals surface area contributed by atoms with Gasteiger partial charge in [-0.1, -0.05) is 0 Å². The van der Waals surface area contributed by atoms with Crippen LogP contribution in [-0.2, 0) is 25.8 Å². The number of H-pyrrole nitrogens is 1. The first kappa shape index (κ1) is 20.4. The molecule has 0 spiro atoms. The number of amides is 2. The van der Waals surface area contributed by atoms with Gasteiger partial charge in [-0.05, 0) is 69.9 Å². The van der Waals surface area contributed by atoms with Crippen molar-refractivity contribution < 1.29 is 9.59 Å². The molecule has 1 aliphatic carbocycles. The van der Waals surface area contributed by atoms with E-state index in [-0.39, 0.29) is 34.9 Å². The standard InChI is InChI=1S/C22H29N5O3/c1-13(2)25-22(30)17-12-24-27-8-7-14(9-19(17)27)11-23-20(28)16-10-15-5-3-4-6-18(15)26-21(16)29/h10,12-14H,3-9,11H2,1-2H3,(H,23,28)(H,25,30)(H,26,29)/t14-/m1/s1. The highest BCUT2D eigenvalue weighted by molar-refractivity contribution is 5.95. The smallest absolute Gasteiger partial charge is 0.261 e. The Kier molecular flexibility index (Phi) is 5.74. The van der Waals surface area contributed by atoms with Gasteiger partial charge >= 0.3 is 0 Å². The number of aromatic nitrogens is 3. The highest BCUT2D eigenvalue weighted by Gasteiger charge is 2.26. The van der Waals surface area contributed by atoms with Gasteiger partial charge in [0.1, 0.15) is 5.56 Å². The Bertz CT molecular complexity index is 1020. The van der Waals surface area contributed by atoms with Crippen molar-refractivity contribution in [1.29, 1.82) is 0 Å². The van der Waals surface area contributed by atoms with Gasteiger partial charge in [0.15, 0.2) is 0 Å². The van der Waals surface area contributed by atoms with Crippen molar-refractivity contribution in [1.82, 2.24) is 25.4 Å². The van der Waals surface area contributed by atoms with E-state index in [0.717, 1.165) is 49.1 Å². The fourth-order valence-corrected chi connectivity index (χ4v) is 4.38. The van der Waals surface area contributed by atoms with Crippen LogP contribution >= 0.6 is 0 Å². The first-order valence-electron chi connectivity index (χ1n) is 10.8. The van der Waals surface area contributed by atoms with E-state index in [2.05, 4.69) is 20.7 Å². The molecule has 8 nitrogen and oxygen atoms in total. The largest absolute Gasteiger partial charge is 0.352 e. The van der Waals surface area contributed by atoms with E-state index in [1.54, 1.807) is 12.3 Å². The summed E-state index contributed by atoms with van der Waals surface area (Å²) in [7, 11) is 0. The number of rotatable bonds is 5. The van der Waals surface area contributed by atoms with Crippen LogP contribution in [0.25, 0.3) is 0 Å². The summed E-state index contributed by atoms with van der Waals surface area (Å²) in [6, 6.07) is 1.81. The van der Waals surface area contributed by atoms with Gasteiger partial charge in [-0.3, -0.25) is 19.1 Å². The summed E-state index contributed by atoms with van der Waals surface area (Å²) in [5.74, 6) is -0.251. The van der Waals surface area contributed by atoms with Crippen LogP contribution in [0.2, 0.25) is 0 Å². The molecule has 2 aromatic rings. The molecule has 3 N–H and O–H groups in total. The number of pyridine rings is 1. The Balaban J connectivity index is 1.41. The average Bonchev–Trinajstić information content (AvgIpc) is 3.14. The minimum atomic E-state index is -0.332. The number of hydrogen-bond donors (Lipinski definition) is 3. The van der Waals surface area contributed by atoms with E-state index < -0.39 is 0 Å². The molecule has 0 saturated carbocycles. The van der Waals surface area contributed by atoms with E-state index >= 15 is 0 Å². The summed E-state index contributed by atoms with van der Waals surface area (Å²) in [4.78, 5) is 40.3. The first-order valence-corrected chi connectivity index (χ1v) is 10.8. The van der Waals surface area contributed by atoms with E-state index in [1.807, 2.05) is 18.5 Å². The zero-order valence-electron chi connectivity index (χ0n) is 17.6. The van der Waals surface area contributed by atoms with Crippen LogP contribution in [0.15, 0.2) is 17.1 Å². The van der Waals surface area contributed by atoms with Crippen molar-refractivity contribution in [3.8, 4) is 0 Å². The van der Waals surface area contributed by atoms with Crippen LogP contribution in [0, 0.1) is 5.92 Å². The van der Waals surface area contributed by atoms with Crippen LogP contribution in [0.5, 0.6) is 0 Å². The van der Waals surface area contributed by atoms with Gasteiger partial charge < -0.3 is 15.6 Å². The van der Waals surface area contributed by atoms with E-state index in [0.29, 0.717) is 25.1 Å². The molecule has 1 aliphatic heterocycles. The third kappa shape index (κ3) is 4.17. The Morgan fingerprint density at radius 3 is 2.83 bits per heavy atom. The van der Waals surface area contributed by atoms with Gasteiger partial charge in [-0.2, -0.15) is 5.10 Å². The molecule has 0 unspecified atom stereocenters. The molecule has 8 heteroatoms. The van der Waals surface area contributed by atoms with Crippen molar-refractivity contribution in [2.24, 2.45) is 5.92 Å². The summed E-state index contributed by atoms with van der Waals surface area (Å²) in [6.45, 7) is 5.03. The third-order valence-corrected chi connectivity index (χ3v) is 5.98. The molecule has 2 amide bonds. The summed E-state index contributed by atoms with van der Waals surface area (Å²) < 4.78 is 1.88. The van der Waals surface area contributed by atoms with Gasteiger partial charge in [0.25, 0.3) is 17.4 Å². The van der Waals surface area contributed by atoms with Crippen molar-refractivity contribution in [2.45, 2.75) is 65.0 Å². The molecule has 0 aromatic carbocycles. The van der Waals surface area contributed by atoms with Crippen LogP contribution in [0.4, 0.5) is 0 Å². The van der Waals surface area contributed by atoms with Crippen molar-refractivity contribution in [3.05, 3.63) is 50.7 Å². The van der Waals surface area contributed by atoms with Crippen molar-refractivity contribution >= 4 is 11.8 Å². The lowest BCUT2D eigenvalue weighted by atomic mass is 9.93. The van der Waals surface area contributed by atoms with E-state index in [4.69, 9.17) is 0 Å². The first-order chi connectivity index (χ1) is 14.4. The number of aromatic amines is 1. The zero-order valence-corrected chi connectivity index (χ0v) is 17.6. The molecule has 160 valence electrons. The number of hydrogen-bond acceptors (Lipinski definition) is 4. The maximum absolute atomic E-state index is 12.7. The second kappa shape index (κ2) is 8.45. The van der Waals surface area contributed by atoms with Crippen LogP contribution in [0.1, 0.15) is 70.8 Å². The van der Waals surface area contributed by atoms with Crippen LogP contribution < -0.4 is 16.2 Å². The molecular weight excluding hydrogens is 382 g/mol. The fourth-order valence-electron chi connectivity index (χ4n) is 4.38. The van der Waals surface area contributed by atoms with Crippen LogP contribution in [0.3, 0.4) is 0 Å². The topological polar surface area (TPSA) is 109 Å². The summed E-state index contributed by atoms with van der Waals surface area (Å²) in [5.41, 5.74) is 3.43. The number of carbonyl (C=O) groups excluding carboxylic acids is 2. The van der Waals surface area contributed by atoms with E-state index in [9.17, 15) is 14.4 Å². The summed E-state index contributed by atoms with van der Waals surface area (Å²) >= 11 is 0. The quantitative estimate of drug-likeness (QED) is 0.694. The van der Waals surface area contributed by atoms with Crippen molar-refractivity contribution in [2.75, 3.05) is 6.54 Å². The molecule has 0 fully saturated rings. The Morgan fingerprint density at radius 2 is 2.03 bits per heavy atom. The predicted molar refractivity (Wildman–Crippen MR) is 113 cm³/mol. The minimum absolute atomic E-state index is 0.0569. The number of fused-ring (bicyclic) bond motifs is 2. The minimum Gasteiger partial charge on any atom is -0.352 e. The van der Waals surface area contributed by atoms with Gasteiger partial charge in [-0.15, -0.1) is 0 Å². The molecule has 0 saturated heterocycles.